The van der Waals surface area contributed by atoms with E-state index in [4.69, 9.17) is 9.47 Å². The van der Waals surface area contributed by atoms with Crippen LogP contribution in [-0.4, -0.2) is 26.4 Å². The molecule has 0 saturated carbocycles. The molecule has 4 rings (SSSR count). The van der Waals surface area contributed by atoms with Gasteiger partial charge in [0.2, 0.25) is 6.79 Å². The van der Waals surface area contributed by atoms with Crippen LogP contribution in [0.5, 0.6) is 11.5 Å². The van der Waals surface area contributed by atoms with Gasteiger partial charge < -0.3 is 14.8 Å². The second-order valence-corrected chi connectivity index (χ2v) is 5.42. The van der Waals surface area contributed by atoms with Gasteiger partial charge in [0.15, 0.2) is 17.3 Å². The lowest BCUT2D eigenvalue weighted by atomic mass is 10.2. The third-order valence-electron chi connectivity index (χ3n) is 3.71. The predicted molar refractivity (Wildman–Crippen MR) is 84.8 cm³/mol. The number of hydrogen-bond acceptors (Lipinski definition) is 6. The molecule has 1 aliphatic heterocycles. The molecule has 0 aliphatic carbocycles. The summed E-state index contributed by atoms with van der Waals surface area (Å²) in [5, 5.41) is 7.88. The lowest BCUT2D eigenvalue weighted by Gasteiger charge is -2.09. The Kier molecular flexibility index (Phi) is 3.25. The van der Waals surface area contributed by atoms with E-state index in [0.29, 0.717) is 12.3 Å². The Morgan fingerprint density at radius 1 is 1.17 bits per heavy atom. The summed E-state index contributed by atoms with van der Waals surface area (Å²) in [7, 11) is 0. The van der Waals surface area contributed by atoms with E-state index in [2.05, 4.69) is 20.4 Å². The van der Waals surface area contributed by atoms with Crippen molar-refractivity contribution in [3.63, 3.8) is 0 Å². The molecule has 118 valence electrons. The Morgan fingerprint density at radius 3 is 2.91 bits per heavy atom. The van der Waals surface area contributed by atoms with Crippen molar-refractivity contribution in [3.8, 4) is 11.5 Å². The molecule has 23 heavy (non-hydrogen) atoms. The molecule has 0 amide bonds. The summed E-state index contributed by atoms with van der Waals surface area (Å²) in [5.74, 6) is 3.86. The van der Waals surface area contributed by atoms with Gasteiger partial charge in [0.25, 0.3) is 5.78 Å². The molecule has 0 bridgehead atoms. The minimum Gasteiger partial charge on any atom is -0.454 e. The van der Waals surface area contributed by atoms with E-state index in [0.717, 1.165) is 40.8 Å². The molecule has 0 spiro atoms. The average molecular weight is 311 g/mol. The summed E-state index contributed by atoms with van der Waals surface area (Å²) >= 11 is 0. The highest BCUT2D eigenvalue weighted by atomic mass is 16.7. The van der Waals surface area contributed by atoms with E-state index < -0.39 is 0 Å². The molecule has 1 N–H and O–H groups in total. The van der Waals surface area contributed by atoms with Gasteiger partial charge in [-0.25, -0.2) is 4.98 Å². The number of hydrogen-bond donors (Lipinski definition) is 1. The fourth-order valence-electron chi connectivity index (χ4n) is 2.55. The molecule has 0 unspecified atom stereocenters. The number of nitrogens with one attached hydrogen (secondary N) is 1. The number of anilines is 1. The molecule has 0 fully saturated rings. The number of ether oxygens (including phenoxy) is 2. The van der Waals surface area contributed by atoms with Gasteiger partial charge in [0.1, 0.15) is 5.82 Å². The number of fused-ring (bicyclic) bond motifs is 2. The van der Waals surface area contributed by atoms with Crippen molar-refractivity contribution < 1.29 is 9.47 Å². The van der Waals surface area contributed by atoms with Gasteiger partial charge in [-0.15, -0.1) is 5.10 Å². The van der Waals surface area contributed by atoms with E-state index in [-0.39, 0.29) is 6.79 Å². The topological polar surface area (TPSA) is 73.6 Å². The number of rotatable bonds is 4. The Labute approximate surface area is 133 Å². The van der Waals surface area contributed by atoms with Crippen molar-refractivity contribution in [2.24, 2.45) is 0 Å². The summed E-state index contributed by atoms with van der Waals surface area (Å²) < 4.78 is 12.5. The second-order valence-electron chi connectivity index (χ2n) is 5.42. The van der Waals surface area contributed by atoms with Gasteiger partial charge in [-0.05, 0) is 24.6 Å². The first-order valence-corrected chi connectivity index (χ1v) is 7.58. The van der Waals surface area contributed by atoms with E-state index in [1.165, 1.54) is 0 Å². The molecule has 7 nitrogen and oxygen atoms in total. The van der Waals surface area contributed by atoms with Crippen molar-refractivity contribution >= 4 is 11.6 Å². The maximum absolute atomic E-state index is 5.41. The smallest absolute Gasteiger partial charge is 0.254 e. The highest BCUT2D eigenvalue weighted by Crippen LogP contribution is 2.32. The highest BCUT2D eigenvalue weighted by molar-refractivity contribution is 5.48. The third-order valence-corrected chi connectivity index (χ3v) is 3.71. The molecule has 0 saturated heterocycles. The lowest BCUT2D eigenvalue weighted by molar-refractivity contribution is 0.174. The van der Waals surface area contributed by atoms with Gasteiger partial charge >= 0.3 is 0 Å². The lowest BCUT2D eigenvalue weighted by Crippen LogP contribution is -2.07. The zero-order valence-electron chi connectivity index (χ0n) is 13.0. The number of nitrogens with zero attached hydrogens (tertiary/aromatic N) is 4. The first-order chi connectivity index (χ1) is 11.2. The second kappa shape index (κ2) is 5.42. The Bertz CT molecular complexity index is 874. The number of aryl methyl sites for hydroxylation is 2. The van der Waals surface area contributed by atoms with Crippen molar-refractivity contribution in [2.45, 2.75) is 26.8 Å². The Morgan fingerprint density at radius 2 is 2.04 bits per heavy atom. The number of aromatic nitrogens is 4. The van der Waals surface area contributed by atoms with Gasteiger partial charge in [0.05, 0.1) is 0 Å². The molecule has 3 heterocycles. The van der Waals surface area contributed by atoms with Gasteiger partial charge in [-0.2, -0.15) is 9.50 Å². The Balaban J connectivity index is 1.61. The van der Waals surface area contributed by atoms with Crippen LogP contribution in [0.4, 0.5) is 5.82 Å². The molecule has 0 atom stereocenters. The van der Waals surface area contributed by atoms with Crippen LogP contribution in [0.3, 0.4) is 0 Å². The van der Waals surface area contributed by atoms with Gasteiger partial charge in [-0.1, -0.05) is 13.0 Å². The maximum Gasteiger partial charge on any atom is 0.254 e. The van der Waals surface area contributed by atoms with E-state index in [1.54, 1.807) is 4.52 Å². The first-order valence-electron chi connectivity index (χ1n) is 7.58. The Hall–Kier alpha value is -2.83. The zero-order valence-corrected chi connectivity index (χ0v) is 13.0. The van der Waals surface area contributed by atoms with Crippen molar-refractivity contribution in [2.75, 3.05) is 12.1 Å². The fourth-order valence-corrected chi connectivity index (χ4v) is 2.55. The van der Waals surface area contributed by atoms with Crippen LogP contribution < -0.4 is 14.8 Å². The van der Waals surface area contributed by atoms with Crippen molar-refractivity contribution in [1.29, 1.82) is 0 Å². The van der Waals surface area contributed by atoms with Crippen LogP contribution in [0, 0.1) is 6.92 Å². The molecular formula is C16H17N5O2. The molecule has 0 radical (unpaired) electrons. The zero-order chi connectivity index (χ0) is 15.8. The fraction of sp³-hybridized carbons (Fsp3) is 0.312. The molecule has 7 heteroatoms. The summed E-state index contributed by atoms with van der Waals surface area (Å²) in [6, 6.07) is 7.90. The summed E-state index contributed by atoms with van der Waals surface area (Å²) in [4.78, 5) is 8.84. The standard InChI is InChI=1S/C16H17N5O2/c1-3-14-19-16-18-10(2)6-15(21(16)20-14)17-8-11-4-5-12-13(7-11)23-9-22-12/h4-7,17H,3,8-9H2,1-2H3. The van der Waals surface area contributed by atoms with Crippen LogP contribution in [0.25, 0.3) is 5.78 Å². The molecule has 1 aromatic carbocycles. The van der Waals surface area contributed by atoms with Gasteiger partial charge in [-0.3, -0.25) is 0 Å². The van der Waals surface area contributed by atoms with Crippen LogP contribution in [-0.2, 0) is 13.0 Å². The van der Waals surface area contributed by atoms with Gasteiger partial charge in [0, 0.05) is 24.7 Å². The van der Waals surface area contributed by atoms with Crippen LogP contribution in [0.1, 0.15) is 24.0 Å². The molecular weight excluding hydrogens is 294 g/mol. The van der Waals surface area contributed by atoms with Crippen LogP contribution in [0.15, 0.2) is 24.3 Å². The quantitative estimate of drug-likeness (QED) is 0.797. The summed E-state index contributed by atoms with van der Waals surface area (Å²) in [6.45, 7) is 4.92. The molecule has 1 aliphatic rings. The van der Waals surface area contributed by atoms with E-state index in [9.17, 15) is 0 Å². The normalized spacial score (nSPS) is 12.8. The predicted octanol–water partition coefficient (Wildman–Crippen LogP) is 2.34. The monoisotopic (exact) mass is 311 g/mol. The van der Waals surface area contributed by atoms with E-state index >= 15 is 0 Å². The minimum absolute atomic E-state index is 0.287. The van der Waals surface area contributed by atoms with Crippen LogP contribution in [0.2, 0.25) is 0 Å². The number of benzene rings is 1. The maximum atomic E-state index is 5.41. The van der Waals surface area contributed by atoms with Crippen molar-refractivity contribution in [3.05, 3.63) is 41.3 Å². The van der Waals surface area contributed by atoms with Crippen molar-refractivity contribution in [1.82, 2.24) is 19.6 Å². The van der Waals surface area contributed by atoms with E-state index in [1.807, 2.05) is 38.1 Å². The largest absolute Gasteiger partial charge is 0.454 e. The summed E-state index contributed by atoms with van der Waals surface area (Å²) in [6.07, 6.45) is 0.782. The first kappa shape index (κ1) is 13.8. The minimum atomic E-state index is 0.287. The molecule has 2 aromatic heterocycles. The third kappa shape index (κ3) is 2.54. The highest BCUT2D eigenvalue weighted by Gasteiger charge is 2.14. The molecule has 3 aromatic rings. The van der Waals surface area contributed by atoms with Crippen LogP contribution >= 0.6 is 0 Å². The SMILES string of the molecule is CCc1nc2nc(C)cc(NCc3ccc4c(c3)OCO4)n2n1. The average Bonchev–Trinajstić information content (AvgIpc) is 3.17. The summed E-state index contributed by atoms with van der Waals surface area (Å²) in [5.41, 5.74) is 2.01.